The molecule has 0 atom stereocenters. The number of nitrogens with one attached hydrogen (secondary N) is 3. The van der Waals surface area contributed by atoms with E-state index in [4.69, 9.17) is 0 Å². The van der Waals surface area contributed by atoms with Gasteiger partial charge in [-0.3, -0.25) is 9.89 Å². The number of benzene rings is 1. The number of carbonyl (C=O) groups is 1. The fourth-order valence-electron chi connectivity index (χ4n) is 3.25. The molecule has 11 heteroatoms. The van der Waals surface area contributed by atoms with Crippen molar-refractivity contribution in [3.05, 3.63) is 47.7 Å². The van der Waals surface area contributed by atoms with Gasteiger partial charge in [0, 0.05) is 43.6 Å². The molecule has 1 aliphatic rings. The first-order valence-corrected chi connectivity index (χ1v) is 9.97. The Hall–Kier alpha value is -3.60. The average Bonchev–Trinajstić information content (AvgIpc) is 3.14. The lowest BCUT2D eigenvalue weighted by atomic mass is 10.2. The molecule has 3 N–H and O–H groups in total. The van der Waals surface area contributed by atoms with Crippen LogP contribution in [0.1, 0.15) is 11.5 Å². The summed E-state index contributed by atoms with van der Waals surface area (Å²) in [6.07, 6.45) is 0.0635. The van der Waals surface area contributed by atoms with Gasteiger partial charge in [0.15, 0.2) is 5.82 Å². The zero-order chi connectivity index (χ0) is 21.8. The van der Waals surface area contributed by atoms with Crippen molar-refractivity contribution in [2.75, 3.05) is 48.8 Å². The van der Waals surface area contributed by atoms with Crippen LogP contribution in [0.25, 0.3) is 0 Å². The third kappa shape index (κ3) is 5.51. The number of aromatic nitrogens is 5. The van der Waals surface area contributed by atoms with E-state index >= 15 is 0 Å². The van der Waals surface area contributed by atoms with Crippen molar-refractivity contribution < 1.29 is 9.18 Å². The molecule has 0 aliphatic carbocycles. The van der Waals surface area contributed by atoms with Gasteiger partial charge in [-0.1, -0.05) is 6.07 Å². The van der Waals surface area contributed by atoms with Crippen LogP contribution in [0.2, 0.25) is 0 Å². The minimum atomic E-state index is -0.408. The summed E-state index contributed by atoms with van der Waals surface area (Å²) in [4.78, 5) is 29.9. The number of piperazine rings is 1. The standard InChI is InChI=1S/C20H24FN9O/c1-13-22-19(26-20(23-13)30-8-6-29(2)7-9-30)25-17-11-16(27-28-17)12-18(31)24-15-5-3-4-14(21)10-15/h3-5,10-11H,6-9,12H2,1-2H3,(H,24,31)(H2,22,23,25,26,27,28). The van der Waals surface area contributed by atoms with Crippen LogP contribution in [0.5, 0.6) is 0 Å². The Kier molecular flexibility index (Phi) is 6.03. The highest BCUT2D eigenvalue weighted by molar-refractivity contribution is 5.92. The number of nitrogens with zero attached hydrogens (tertiary/aromatic N) is 6. The van der Waals surface area contributed by atoms with Crippen LogP contribution in [-0.4, -0.2) is 69.2 Å². The van der Waals surface area contributed by atoms with Gasteiger partial charge < -0.3 is 20.4 Å². The topological polar surface area (TPSA) is 115 Å². The average molecular weight is 425 g/mol. The molecule has 31 heavy (non-hydrogen) atoms. The molecule has 162 valence electrons. The zero-order valence-electron chi connectivity index (χ0n) is 17.4. The highest BCUT2D eigenvalue weighted by Gasteiger charge is 2.18. The summed E-state index contributed by atoms with van der Waals surface area (Å²) < 4.78 is 13.3. The number of hydrogen-bond donors (Lipinski definition) is 3. The van der Waals surface area contributed by atoms with E-state index in [1.807, 2.05) is 6.92 Å². The zero-order valence-corrected chi connectivity index (χ0v) is 17.4. The third-order valence-electron chi connectivity index (χ3n) is 4.85. The molecule has 2 aromatic heterocycles. The maximum atomic E-state index is 13.3. The van der Waals surface area contributed by atoms with Crippen molar-refractivity contribution in [2.24, 2.45) is 0 Å². The molecular weight excluding hydrogens is 401 g/mol. The normalized spacial score (nSPS) is 14.5. The minimum absolute atomic E-state index is 0.0635. The van der Waals surface area contributed by atoms with Crippen molar-refractivity contribution in [2.45, 2.75) is 13.3 Å². The lowest BCUT2D eigenvalue weighted by Gasteiger charge is -2.32. The van der Waals surface area contributed by atoms with Gasteiger partial charge in [-0.15, -0.1) is 0 Å². The lowest BCUT2D eigenvalue weighted by Crippen LogP contribution is -2.45. The number of aromatic amines is 1. The Labute approximate surface area is 178 Å². The van der Waals surface area contributed by atoms with Crippen molar-refractivity contribution in [1.29, 1.82) is 0 Å². The SMILES string of the molecule is Cc1nc(Nc2cc(CC(=O)Nc3cccc(F)c3)[nH]n2)nc(N2CCN(C)CC2)n1. The molecule has 1 fully saturated rings. The summed E-state index contributed by atoms with van der Waals surface area (Å²) in [5.41, 5.74) is 1.00. The van der Waals surface area contributed by atoms with E-state index in [1.165, 1.54) is 18.2 Å². The Morgan fingerprint density at radius 2 is 1.97 bits per heavy atom. The largest absolute Gasteiger partial charge is 0.338 e. The van der Waals surface area contributed by atoms with E-state index in [-0.39, 0.29) is 12.3 Å². The van der Waals surface area contributed by atoms with E-state index in [0.717, 1.165) is 26.2 Å². The Balaban J connectivity index is 1.39. The molecule has 1 amide bonds. The number of H-pyrrole nitrogens is 1. The predicted molar refractivity (Wildman–Crippen MR) is 115 cm³/mol. The number of carbonyl (C=O) groups excluding carboxylic acids is 1. The molecule has 10 nitrogen and oxygen atoms in total. The Morgan fingerprint density at radius 3 is 2.74 bits per heavy atom. The van der Waals surface area contributed by atoms with Gasteiger partial charge in [0.25, 0.3) is 0 Å². The smallest absolute Gasteiger partial charge is 0.233 e. The molecular formula is C20H24FN9O. The van der Waals surface area contributed by atoms with Crippen LogP contribution >= 0.6 is 0 Å². The summed E-state index contributed by atoms with van der Waals surface area (Å²) >= 11 is 0. The molecule has 0 radical (unpaired) electrons. The fraction of sp³-hybridized carbons (Fsp3) is 0.350. The van der Waals surface area contributed by atoms with E-state index < -0.39 is 5.82 Å². The molecule has 0 spiro atoms. The second-order valence-corrected chi connectivity index (χ2v) is 7.44. The molecule has 3 aromatic rings. The monoisotopic (exact) mass is 425 g/mol. The summed E-state index contributed by atoms with van der Waals surface area (Å²) in [6, 6.07) is 7.46. The second kappa shape index (κ2) is 9.04. The first kappa shape index (κ1) is 20.7. The van der Waals surface area contributed by atoms with E-state index in [1.54, 1.807) is 12.1 Å². The number of hydrogen-bond acceptors (Lipinski definition) is 8. The maximum Gasteiger partial charge on any atom is 0.233 e. The van der Waals surface area contributed by atoms with Crippen LogP contribution < -0.4 is 15.5 Å². The van der Waals surface area contributed by atoms with Crippen LogP contribution in [0.4, 0.5) is 27.8 Å². The number of anilines is 4. The van der Waals surface area contributed by atoms with Crippen molar-refractivity contribution in [1.82, 2.24) is 30.0 Å². The predicted octanol–water partition coefficient (Wildman–Crippen LogP) is 1.72. The molecule has 1 saturated heterocycles. The van der Waals surface area contributed by atoms with Gasteiger partial charge in [-0.2, -0.15) is 20.1 Å². The van der Waals surface area contributed by atoms with Crippen LogP contribution in [0, 0.1) is 12.7 Å². The third-order valence-corrected chi connectivity index (χ3v) is 4.85. The Bertz CT molecular complexity index is 1060. The first-order chi connectivity index (χ1) is 14.9. The molecule has 4 rings (SSSR count). The first-order valence-electron chi connectivity index (χ1n) is 9.97. The fourth-order valence-corrected chi connectivity index (χ4v) is 3.25. The van der Waals surface area contributed by atoms with E-state index in [0.29, 0.717) is 34.9 Å². The lowest BCUT2D eigenvalue weighted by molar-refractivity contribution is -0.115. The molecule has 0 unspecified atom stereocenters. The summed E-state index contributed by atoms with van der Waals surface area (Å²) in [5, 5.41) is 12.7. The minimum Gasteiger partial charge on any atom is -0.338 e. The highest BCUT2D eigenvalue weighted by Crippen LogP contribution is 2.17. The Morgan fingerprint density at radius 1 is 1.16 bits per heavy atom. The number of rotatable bonds is 6. The van der Waals surface area contributed by atoms with Crippen molar-refractivity contribution in [3.8, 4) is 0 Å². The quantitative estimate of drug-likeness (QED) is 0.547. The van der Waals surface area contributed by atoms with Gasteiger partial charge in [0.1, 0.15) is 11.6 Å². The molecule has 0 bridgehead atoms. The van der Waals surface area contributed by atoms with Gasteiger partial charge in [-0.05, 0) is 32.2 Å². The van der Waals surface area contributed by atoms with Gasteiger partial charge in [0.05, 0.1) is 6.42 Å². The molecule has 0 saturated carbocycles. The number of likely N-dealkylation sites (N-methyl/N-ethyl adjacent to an activating group) is 1. The molecule has 3 heterocycles. The van der Waals surface area contributed by atoms with Gasteiger partial charge in [0.2, 0.25) is 17.8 Å². The second-order valence-electron chi connectivity index (χ2n) is 7.44. The molecule has 1 aromatic carbocycles. The number of aryl methyl sites for hydroxylation is 1. The van der Waals surface area contributed by atoms with Crippen molar-refractivity contribution >= 4 is 29.3 Å². The van der Waals surface area contributed by atoms with Gasteiger partial charge in [-0.25, -0.2) is 4.39 Å². The summed E-state index contributed by atoms with van der Waals surface area (Å²) in [5.74, 6) is 1.43. The molecule has 1 aliphatic heterocycles. The summed E-state index contributed by atoms with van der Waals surface area (Å²) in [7, 11) is 2.09. The van der Waals surface area contributed by atoms with Gasteiger partial charge >= 0.3 is 0 Å². The summed E-state index contributed by atoms with van der Waals surface area (Å²) in [6.45, 7) is 5.43. The maximum absolute atomic E-state index is 13.3. The highest BCUT2D eigenvalue weighted by atomic mass is 19.1. The van der Waals surface area contributed by atoms with Crippen LogP contribution in [-0.2, 0) is 11.2 Å². The van der Waals surface area contributed by atoms with E-state index in [2.05, 4.69) is 52.6 Å². The number of amides is 1. The van der Waals surface area contributed by atoms with Crippen molar-refractivity contribution in [3.63, 3.8) is 0 Å². The van der Waals surface area contributed by atoms with E-state index in [9.17, 15) is 9.18 Å². The number of halogens is 1. The van der Waals surface area contributed by atoms with Crippen LogP contribution in [0.3, 0.4) is 0 Å². The van der Waals surface area contributed by atoms with Crippen LogP contribution in [0.15, 0.2) is 30.3 Å².